The molecule has 2 N–H and O–H groups in total. The molecule has 70 valence electrons. The largest absolute Gasteiger partial charge is 0.330 e. The first-order chi connectivity index (χ1) is 6.17. The molecule has 0 fully saturated rings. The van der Waals surface area contributed by atoms with Crippen LogP contribution in [0, 0.1) is 0 Å². The van der Waals surface area contributed by atoms with Crippen LogP contribution in [0.15, 0.2) is 22.7 Å². The topological polar surface area (TPSA) is 26.0 Å². The predicted octanol–water partition coefficient (Wildman–Crippen LogP) is 2.61. The molecule has 0 radical (unpaired) electrons. The molecule has 1 atom stereocenters. The van der Waals surface area contributed by atoms with Crippen molar-refractivity contribution in [2.24, 2.45) is 5.73 Å². The van der Waals surface area contributed by atoms with Gasteiger partial charge in [0.25, 0.3) is 0 Å². The third-order valence-electron chi connectivity index (χ3n) is 3.10. The number of benzene rings is 1. The fraction of sp³-hybridized carbons (Fsp3) is 0.455. The highest BCUT2D eigenvalue weighted by molar-refractivity contribution is 9.10. The summed E-state index contributed by atoms with van der Waals surface area (Å²) in [6.07, 6.45) is 2.35. The minimum atomic E-state index is 0.190. The molecule has 2 heteroatoms. The Kier molecular flexibility index (Phi) is 2.20. The maximum Gasteiger partial charge on any atom is 0.0216 e. The minimum Gasteiger partial charge on any atom is -0.330 e. The minimum absolute atomic E-state index is 0.190. The van der Waals surface area contributed by atoms with Crippen LogP contribution < -0.4 is 5.73 Å². The molecule has 0 saturated carbocycles. The lowest BCUT2D eigenvalue weighted by atomic mass is 9.84. The van der Waals surface area contributed by atoms with E-state index in [-0.39, 0.29) is 5.41 Å². The van der Waals surface area contributed by atoms with Gasteiger partial charge in [0.2, 0.25) is 0 Å². The van der Waals surface area contributed by atoms with Crippen molar-refractivity contribution < 1.29 is 0 Å². The average Bonchev–Trinajstić information content (AvgIpc) is 2.47. The van der Waals surface area contributed by atoms with Crippen molar-refractivity contribution in [1.82, 2.24) is 0 Å². The van der Waals surface area contributed by atoms with Gasteiger partial charge in [-0.1, -0.05) is 35.0 Å². The van der Waals surface area contributed by atoms with E-state index in [4.69, 9.17) is 5.73 Å². The lowest BCUT2D eigenvalue weighted by Gasteiger charge is -2.24. The van der Waals surface area contributed by atoms with Crippen molar-refractivity contribution in [3.05, 3.63) is 33.8 Å². The van der Waals surface area contributed by atoms with Crippen LogP contribution in [-0.4, -0.2) is 6.54 Å². The van der Waals surface area contributed by atoms with Crippen molar-refractivity contribution in [1.29, 1.82) is 0 Å². The quantitative estimate of drug-likeness (QED) is 0.802. The van der Waals surface area contributed by atoms with Gasteiger partial charge in [0.15, 0.2) is 0 Å². The summed E-state index contributed by atoms with van der Waals surface area (Å²) < 4.78 is 1.22. The Morgan fingerprint density at radius 3 is 3.00 bits per heavy atom. The van der Waals surface area contributed by atoms with E-state index in [0.29, 0.717) is 0 Å². The molecule has 0 amide bonds. The summed E-state index contributed by atoms with van der Waals surface area (Å²) in [5, 5.41) is 0. The van der Waals surface area contributed by atoms with Crippen molar-refractivity contribution in [3.63, 3.8) is 0 Å². The molecule has 1 aliphatic rings. The molecule has 0 heterocycles. The number of hydrogen-bond acceptors (Lipinski definition) is 1. The molecule has 0 aromatic heterocycles. The predicted molar refractivity (Wildman–Crippen MR) is 58.9 cm³/mol. The lowest BCUT2D eigenvalue weighted by molar-refractivity contribution is 0.480. The Hall–Kier alpha value is -0.340. The van der Waals surface area contributed by atoms with Gasteiger partial charge in [-0.25, -0.2) is 0 Å². The van der Waals surface area contributed by atoms with Gasteiger partial charge >= 0.3 is 0 Å². The zero-order chi connectivity index (χ0) is 9.47. The fourth-order valence-corrected chi connectivity index (χ4v) is 3.08. The molecule has 0 spiro atoms. The summed E-state index contributed by atoms with van der Waals surface area (Å²) >= 11 is 3.61. The van der Waals surface area contributed by atoms with Crippen LogP contribution in [0.4, 0.5) is 0 Å². The van der Waals surface area contributed by atoms with Gasteiger partial charge in [0.1, 0.15) is 0 Å². The number of nitrogens with two attached hydrogens (primary N) is 1. The van der Waals surface area contributed by atoms with E-state index in [0.717, 1.165) is 6.54 Å². The number of rotatable bonds is 1. The van der Waals surface area contributed by atoms with E-state index in [1.54, 1.807) is 0 Å². The lowest BCUT2D eigenvalue weighted by Crippen LogP contribution is -2.29. The highest BCUT2D eigenvalue weighted by atomic mass is 79.9. The van der Waals surface area contributed by atoms with Crippen molar-refractivity contribution >= 4 is 15.9 Å². The molecule has 0 bridgehead atoms. The third kappa shape index (κ3) is 1.32. The Bertz CT molecular complexity index is 335. The normalized spacial score (nSPS) is 26.1. The molecule has 1 aliphatic carbocycles. The highest BCUT2D eigenvalue weighted by Gasteiger charge is 2.34. The zero-order valence-corrected chi connectivity index (χ0v) is 9.39. The first kappa shape index (κ1) is 9.22. The third-order valence-corrected chi connectivity index (χ3v) is 3.76. The molecule has 0 aliphatic heterocycles. The van der Waals surface area contributed by atoms with E-state index in [1.165, 1.54) is 28.4 Å². The van der Waals surface area contributed by atoms with Crippen molar-refractivity contribution in [2.45, 2.75) is 25.2 Å². The first-order valence-electron chi connectivity index (χ1n) is 4.65. The van der Waals surface area contributed by atoms with E-state index in [9.17, 15) is 0 Å². The summed E-state index contributed by atoms with van der Waals surface area (Å²) in [7, 11) is 0. The SMILES string of the molecule is CC1(CN)CCc2cccc(Br)c21. The van der Waals surface area contributed by atoms with Crippen LogP contribution >= 0.6 is 15.9 Å². The maximum atomic E-state index is 5.83. The second kappa shape index (κ2) is 3.10. The number of halogens is 1. The zero-order valence-electron chi connectivity index (χ0n) is 7.81. The number of fused-ring (bicyclic) bond motifs is 1. The standard InChI is InChI=1S/C11H14BrN/c1-11(7-13)6-5-8-3-2-4-9(12)10(8)11/h2-4H,5-7,13H2,1H3. The van der Waals surface area contributed by atoms with Gasteiger partial charge in [-0.3, -0.25) is 0 Å². The van der Waals surface area contributed by atoms with Crippen molar-refractivity contribution in [2.75, 3.05) is 6.54 Å². The number of aryl methyl sites for hydroxylation is 1. The second-order valence-electron chi connectivity index (χ2n) is 4.04. The van der Waals surface area contributed by atoms with Gasteiger partial charge < -0.3 is 5.73 Å². The van der Waals surface area contributed by atoms with E-state index < -0.39 is 0 Å². The van der Waals surface area contributed by atoms with E-state index in [1.807, 2.05) is 0 Å². The van der Waals surface area contributed by atoms with Crippen LogP contribution in [0.1, 0.15) is 24.5 Å². The summed E-state index contributed by atoms with van der Waals surface area (Å²) in [5.74, 6) is 0. The number of hydrogen-bond donors (Lipinski definition) is 1. The Balaban J connectivity index is 2.58. The van der Waals surface area contributed by atoms with Crippen LogP contribution in [0.2, 0.25) is 0 Å². The summed E-state index contributed by atoms with van der Waals surface area (Å²) in [4.78, 5) is 0. The molecule has 1 aromatic rings. The van der Waals surface area contributed by atoms with Crippen LogP contribution in [0.3, 0.4) is 0 Å². The maximum absolute atomic E-state index is 5.83. The van der Waals surface area contributed by atoms with E-state index in [2.05, 4.69) is 41.1 Å². The molecule has 1 unspecified atom stereocenters. The Labute approximate surface area is 87.5 Å². The van der Waals surface area contributed by atoms with Gasteiger partial charge in [-0.05, 0) is 30.0 Å². The summed E-state index contributed by atoms with van der Waals surface area (Å²) in [6.45, 7) is 2.99. The molecule has 13 heavy (non-hydrogen) atoms. The summed E-state index contributed by atoms with van der Waals surface area (Å²) in [5.41, 5.74) is 8.91. The van der Waals surface area contributed by atoms with Gasteiger partial charge in [-0.2, -0.15) is 0 Å². The molecule has 1 aromatic carbocycles. The van der Waals surface area contributed by atoms with E-state index >= 15 is 0 Å². The highest BCUT2D eigenvalue weighted by Crippen LogP contribution is 2.41. The Morgan fingerprint density at radius 1 is 1.54 bits per heavy atom. The Morgan fingerprint density at radius 2 is 2.31 bits per heavy atom. The first-order valence-corrected chi connectivity index (χ1v) is 5.44. The monoisotopic (exact) mass is 239 g/mol. The van der Waals surface area contributed by atoms with Gasteiger partial charge in [0.05, 0.1) is 0 Å². The smallest absolute Gasteiger partial charge is 0.0216 e. The van der Waals surface area contributed by atoms with Gasteiger partial charge in [-0.15, -0.1) is 0 Å². The average molecular weight is 240 g/mol. The second-order valence-corrected chi connectivity index (χ2v) is 4.89. The van der Waals surface area contributed by atoms with Crippen LogP contribution in [0.25, 0.3) is 0 Å². The molecular formula is C11H14BrN. The van der Waals surface area contributed by atoms with Crippen LogP contribution in [-0.2, 0) is 11.8 Å². The van der Waals surface area contributed by atoms with Gasteiger partial charge in [0, 0.05) is 16.4 Å². The van der Waals surface area contributed by atoms with Crippen LogP contribution in [0.5, 0.6) is 0 Å². The summed E-state index contributed by atoms with van der Waals surface area (Å²) in [6, 6.07) is 6.42. The molecule has 1 nitrogen and oxygen atoms in total. The fourth-order valence-electron chi connectivity index (χ4n) is 2.19. The van der Waals surface area contributed by atoms with Crippen molar-refractivity contribution in [3.8, 4) is 0 Å². The molecular weight excluding hydrogens is 226 g/mol. The molecule has 2 rings (SSSR count). The molecule has 0 saturated heterocycles.